The van der Waals surface area contributed by atoms with Gasteiger partial charge in [-0.25, -0.2) is 0 Å². The highest BCUT2D eigenvalue weighted by Crippen LogP contribution is 2.37. The van der Waals surface area contributed by atoms with Crippen LogP contribution in [-0.4, -0.2) is 40.7 Å². The Morgan fingerprint density at radius 3 is 2.66 bits per heavy atom. The molecule has 3 amide bonds. The van der Waals surface area contributed by atoms with Gasteiger partial charge in [0.15, 0.2) is 11.5 Å². The van der Waals surface area contributed by atoms with Crippen molar-refractivity contribution in [1.82, 2.24) is 4.90 Å². The minimum Gasteiger partial charge on any atom is -0.504 e. The van der Waals surface area contributed by atoms with Gasteiger partial charge in [0.05, 0.1) is 12.0 Å². The van der Waals surface area contributed by atoms with Gasteiger partial charge in [0.1, 0.15) is 6.54 Å². The van der Waals surface area contributed by atoms with Gasteiger partial charge in [-0.05, 0) is 82.4 Å². The third-order valence-corrected chi connectivity index (χ3v) is 6.20. The Morgan fingerprint density at radius 1 is 1.31 bits per heavy atom. The summed E-state index contributed by atoms with van der Waals surface area (Å²) in [6.07, 6.45) is 1.51. The van der Waals surface area contributed by atoms with Crippen LogP contribution in [0.4, 0.5) is 10.5 Å². The topological polar surface area (TPSA) is 95.9 Å². The maximum Gasteiger partial charge on any atom is 0.294 e. The van der Waals surface area contributed by atoms with E-state index in [1.54, 1.807) is 12.1 Å². The largest absolute Gasteiger partial charge is 0.504 e. The first-order chi connectivity index (χ1) is 13.8. The lowest BCUT2D eigenvalue weighted by Crippen LogP contribution is -2.36. The molecular weight excluding hydrogens is 575 g/mol. The van der Waals surface area contributed by atoms with Gasteiger partial charge in [-0.15, -0.1) is 0 Å². The number of ether oxygens (including phenoxy) is 1. The quantitative estimate of drug-likeness (QED) is 0.396. The maximum atomic E-state index is 12.6. The molecule has 150 valence electrons. The average molecular weight is 589 g/mol. The Kier molecular flexibility index (Phi) is 6.85. The molecule has 7 nitrogen and oxygen atoms in total. The van der Waals surface area contributed by atoms with Crippen LogP contribution < -0.4 is 10.1 Å². The second-order valence-electron chi connectivity index (χ2n) is 5.87. The molecule has 0 radical (unpaired) electrons. The van der Waals surface area contributed by atoms with Crippen molar-refractivity contribution in [2.45, 2.75) is 0 Å². The van der Waals surface area contributed by atoms with Gasteiger partial charge in [0, 0.05) is 13.7 Å². The monoisotopic (exact) mass is 588 g/mol. The number of carbonyl (C=O) groups is 3. The second-order valence-corrected chi connectivity index (χ2v) is 8.96. The summed E-state index contributed by atoms with van der Waals surface area (Å²) in [4.78, 5) is 38.2. The number of imide groups is 1. The van der Waals surface area contributed by atoms with E-state index in [-0.39, 0.29) is 22.9 Å². The Balaban J connectivity index is 1.75. The minimum atomic E-state index is -0.559. The number of nitrogens with one attached hydrogen (secondary N) is 1. The van der Waals surface area contributed by atoms with Crippen molar-refractivity contribution in [1.29, 1.82) is 0 Å². The van der Waals surface area contributed by atoms with Crippen LogP contribution in [0.25, 0.3) is 6.08 Å². The van der Waals surface area contributed by atoms with Gasteiger partial charge in [-0.2, -0.15) is 0 Å². The highest BCUT2D eigenvalue weighted by atomic mass is 127. The average Bonchev–Trinajstić information content (AvgIpc) is 2.93. The number of amides is 3. The number of phenols is 1. The number of hydrogen-bond acceptors (Lipinski definition) is 6. The summed E-state index contributed by atoms with van der Waals surface area (Å²) in [5.41, 5.74) is 1.13. The molecule has 2 N–H and O–H groups in total. The van der Waals surface area contributed by atoms with Crippen LogP contribution in [0.2, 0.25) is 0 Å². The normalized spacial score (nSPS) is 15.1. The van der Waals surface area contributed by atoms with E-state index < -0.39 is 17.1 Å². The molecule has 0 aromatic heterocycles. The van der Waals surface area contributed by atoms with Crippen molar-refractivity contribution in [3.8, 4) is 11.5 Å². The summed E-state index contributed by atoms with van der Waals surface area (Å²) in [5.74, 6) is -0.855. The zero-order valence-corrected chi connectivity index (χ0v) is 19.5. The van der Waals surface area contributed by atoms with Crippen LogP contribution in [-0.2, 0) is 9.59 Å². The molecule has 0 aliphatic carbocycles. The molecule has 2 aromatic rings. The maximum absolute atomic E-state index is 12.6. The Morgan fingerprint density at radius 2 is 2.00 bits per heavy atom. The number of phenolic OH excluding ortho intramolecular Hbond substituents is 1. The molecule has 0 atom stereocenters. The first-order valence-electron chi connectivity index (χ1n) is 8.15. The lowest BCUT2D eigenvalue weighted by atomic mass is 10.2. The Bertz CT molecular complexity index is 1030. The van der Waals surface area contributed by atoms with Crippen molar-refractivity contribution in [2.24, 2.45) is 0 Å². The molecule has 1 fully saturated rings. The fourth-order valence-electron chi connectivity index (χ4n) is 2.49. The third-order valence-electron chi connectivity index (χ3n) is 3.89. The molecule has 0 spiro atoms. The number of anilines is 1. The molecule has 1 heterocycles. The van der Waals surface area contributed by atoms with E-state index in [9.17, 15) is 19.5 Å². The van der Waals surface area contributed by atoms with Gasteiger partial charge < -0.3 is 15.2 Å². The predicted octanol–water partition coefficient (Wildman–Crippen LogP) is 4.44. The Hall–Kier alpha value is -2.05. The number of aromatic hydroxyl groups is 1. The van der Waals surface area contributed by atoms with E-state index in [1.165, 1.54) is 25.3 Å². The first kappa shape index (κ1) is 21.7. The molecule has 0 saturated carbocycles. The van der Waals surface area contributed by atoms with Crippen LogP contribution in [0.3, 0.4) is 0 Å². The molecule has 1 aliphatic heterocycles. The van der Waals surface area contributed by atoms with E-state index in [2.05, 4.69) is 43.8 Å². The number of hydrogen-bond donors (Lipinski definition) is 2. The summed E-state index contributed by atoms with van der Waals surface area (Å²) < 4.78 is 6.62. The third kappa shape index (κ3) is 5.11. The zero-order valence-electron chi connectivity index (χ0n) is 14.9. The first-order valence-corrected chi connectivity index (χ1v) is 10.8. The molecule has 3 rings (SSSR count). The smallest absolute Gasteiger partial charge is 0.294 e. The van der Waals surface area contributed by atoms with Crippen LogP contribution in [0, 0.1) is 3.57 Å². The van der Waals surface area contributed by atoms with Crippen molar-refractivity contribution >= 4 is 79.1 Å². The molecular formula is C19H14BrIN2O5S. The zero-order chi connectivity index (χ0) is 21.1. The molecule has 0 bridgehead atoms. The van der Waals surface area contributed by atoms with Gasteiger partial charge >= 0.3 is 0 Å². The highest BCUT2D eigenvalue weighted by molar-refractivity contribution is 14.1. The van der Waals surface area contributed by atoms with Gasteiger partial charge in [0.2, 0.25) is 5.91 Å². The van der Waals surface area contributed by atoms with Gasteiger partial charge in [-0.1, -0.05) is 15.9 Å². The fraction of sp³-hybridized carbons (Fsp3) is 0.105. The van der Waals surface area contributed by atoms with Crippen LogP contribution in [0.1, 0.15) is 5.56 Å². The molecule has 2 aromatic carbocycles. The number of benzene rings is 2. The number of carbonyl (C=O) groups excluding carboxylic acids is 3. The summed E-state index contributed by atoms with van der Waals surface area (Å²) >= 11 is 6.20. The standard InChI is InChI=1S/C19H14BrIN2O5S/c1-28-15-6-10(13(20)8-14(15)24)7-16-18(26)23(19(27)29-16)9-17(25)22-12-4-2-11(21)3-5-12/h2-8,24H,9H2,1H3,(H,22,25)/b16-7-. The summed E-state index contributed by atoms with van der Waals surface area (Å²) in [6.45, 7) is -0.381. The minimum absolute atomic E-state index is 0.0584. The van der Waals surface area contributed by atoms with Crippen LogP contribution in [0.15, 0.2) is 45.8 Å². The van der Waals surface area contributed by atoms with Crippen molar-refractivity contribution in [2.75, 3.05) is 19.0 Å². The number of rotatable bonds is 5. The van der Waals surface area contributed by atoms with Gasteiger partial charge in [0.25, 0.3) is 11.1 Å². The van der Waals surface area contributed by atoms with E-state index in [0.29, 0.717) is 15.7 Å². The lowest BCUT2D eigenvalue weighted by Gasteiger charge is -2.12. The van der Waals surface area contributed by atoms with Crippen LogP contribution in [0.5, 0.6) is 11.5 Å². The number of methoxy groups -OCH3 is 1. The Labute approximate surface area is 192 Å². The summed E-state index contributed by atoms with van der Waals surface area (Å²) in [6, 6.07) is 10.1. The predicted molar refractivity (Wildman–Crippen MR) is 123 cm³/mol. The number of halogens is 2. The lowest BCUT2D eigenvalue weighted by molar-refractivity contribution is -0.127. The van der Waals surface area contributed by atoms with E-state index in [4.69, 9.17) is 4.74 Å². The fourth-order valence-corrected chi connectivity index (χ4v) is 4.12. The summed E-state index contributed by atoms with van der Waals surface area (Å²) in [5, 5.41) is 11.9. The van der Waals surface area contributed by atoms with Crippen molar-refractivity contribution in [3.05, 3.63) is 54.9 Å². The van der Waals surface area contributed by atoms with E-state index in [1.807, 2.05) is 12.1 Å². The van der Waals surface area contributed by atoms with E-state index in [0.717, 1.165) is 20.2 Å². The molecule has 1 aliphatic rings. The summed E-state index contributed by atoms with van der Waals surface area (Å²) in [7, 11) is 1.41. The van der Waals surface area contributed by atoms with Crippen molar-refractivity contribution < 1.29 is 24.2 Å². The van der Waals surface area contributed by atoms with Crippen molar-refractivity contribution in [3.63, 3.8) is 0 Å². The number of nitrogens with zero attached hydrogens (tertiary/aromatic N) is 1. The molecule has 0 unspecified atom stereocenters. The van der Waals surface area contributed by atoms with E-state index >= 15 is 0 Å². The molecule has 10 heteroatoms. The second kappa shape index (κ2) is 9.18. The highest BCUT2D eigenvalue weighted by Gasteiger charge is 2.36. The van der Waals surface area contributed by atoms with Gasteiger partial charge in [-0.3, -0.25) is 19.3 Å². The molecule has 1 saturated heterocycles. The number of thioether (sulfide) groups is 1. The van der Waals surface area contributed by atoms with Crippen LogP contribution >= 0.6 is 50.3 Å². The molecule has 29 heavy (non-hydrogen) atoms. The SMILES string of the molecule is COc1cc(/C=C2\SC(=O)N(CC(=O)Nc3ccc(I)cc3)C2=O)c(Br)cc1O.